The Balaban J connectivity index is 3.20. The lowest BCUT2D eigenvalue weighted by Crippen LogP contribution is -2.12. The lowest BCUT2D eigenvalue weighted by molar-refractivity contribution is 0.597. The van der Waals surface area contributed by atoms with E-state index in [1.54, 1.807) is 6.07 Å². The maximum atomic E-state index is 10.7. The molecule has 12 heavy (non-hydrogen) atoms. The highest BCUT2D eigenvalue weighted by Gasteiger charge is 2.06. The van der Waals surface area contributed by atoms with Crippen molar-refractivity contribution in [2.45, 2.75) is 4.90 Å². The van der Waals surface area contributed by atoms with Crippen LogP contribution >= 0.6 is 0 Å². The van der Waals surface area contributed by atoms with Crippen molar-refractivity contribution in [1.82, 2.24) is 4.98 Å². The molecule has 0 spiro atoms. The molecule has 0 amide bonds. The molecule has 0 aromatic carbocycles. The van der Waals surface area contributed by atoms with Gasteiger partial charge in [-0.3, -0.25) is 0 Å². The Morgan fingerprint density at radius 2 is 2.17 bits per heavy atom. The molecule has 62 valence electrons. The first-order valence-electron chi connectivity index (χ1n) is 2.93. The third kappa shape index (κ3) is 1.78. The smallest absolute Gasteiger partial charge is 0.239 e. The summed E-state index contributed by atoms with van der Waals surface area (Å²) in [5.74, 6) is 0. The van der Waals surface area contributed by atoms with E-state index in [9.17, 15) is 8.42 Å². The van der Waals surface area contributed by atoms with Crippen LogP contribution in [0.15, 0.2) is 23.2 Å². The van der Waals surface area contributed by atoms with E-state index in [0.717, 1.165) is 6.20 Å². The quantitative estimate of drug-likeness (QED) is 0.640. The van der Waals surface area contributed by atoms with E-state index in [4.69, 9.17) is 10.4 Å². The van der Waals surface area contributed by atoms with Crippen molar-refractivity contribution in [2.75, 3.05) is 0 Å². The van der Waals surface area contributed by atoms with Gasteiger partial charge in [0, 0.05) is 6.20 Å². The maximum absolute atomic E-state index is 10.7. The van der Waals surface area contributed by atoms with Gasteiger partial charge in [-0.15, -0.1) is 0 Å². The Bertz CT molecular complexity index is 415. The summed E-state index contributed by atoms with van der Waals surface area (Å²) in [6, 6.07) is 4.29. The number of nitrogens with two attached hydrogens (primary N) is 1. The van der Waals surface area contributed by atoms with Gasteiger partial charge >= 0.3 is 0 Å². The Labute approximate surface area is 69.5 Å². The van der Waals surface area contributed by atoms with Crippen molar-refractivity contribution in [3.05, 3.63) is 24.0 Å². The van der Waals surface area contributed by atoms with Crippen LogP contribution < -0.4 is 5.14 Å². The van der Waals surface area contributed by atoms with E-state index in [1.807, 2.05) is 0 Å². The lowest BCUT2D eigenvalue weighted by atomic mass is 10.4. The zero-order valence-corrected chi connectivity index (χ0v) is 6.75. The highest BCUT2D eigenvalue weighted by molar-refractivity contribution is 7.89. The van der Waals surface area contributed by atoms with Crippen molar-refractivity contribution < 1.29 is 8.42 Å². The molecule has 2 N–H and O–H groups in total. The van der Waals surface area contributed by atoms with Crippen LogP contribution in [0.3, 0.4) is 0 Å². The molecule has 1 aromatic rings. The SMILES string of the molecule is N#Cc1ccc(S(N)(=O)=O)cn1. The van der Waals surface area contributed by atoms with Crippen LogP contribution in [0.2, 0.25) is 0 Å². The van der Waals surface area contributed by atoms with Crippen molar-refractivity contribution >= 4 is 10.0 Å². The molecule has 1 aromatic heterocycles. The van der Waals surface area contributed by atoms with Gasteiger partial charge in [-0.05, 0) is 12.1 Å². The molecule has 0 aliphatic rings. The van der Waals surface area contributed by atoms with Gasteiger partial charge < -0.3 is 0 Å². The molecule has 0 fully saturated rings. The second-order valence-corrected chi connectivity index (χ2v) is 3.60. The highest BCUT2D eigenvalue weighted by atomic mass is 32.2. The van der Waals surface area contributed by atoms with Crippen LogP contribution in [-0.4, -0.2) is 13.4 Å². The highest BCUT2D eigenvalue weighted by Crippen LogP contribution is 2.03. The summed E-state index contributed by atoms with van der Waals surface area (Å²) in [7, 11) is -3.70. The summed E-state index contributed by atoms with van der Waals surface area (Å²) < 4.78 is 21.4. The first-order chi connectivity index (χ1) is 5.54. The van der Waals surface area contributed by atoms with Crippen molar-refractivity contribution in [2.24, 2.45) is 5.14 Å². The predicted molar refractivity (Wildman–Crippen MR) is 40.3 cm³/mol. The number of aromatic nitrogens is 1. The first kappa shape index (κ1) is 8.64. The molecule has 0 unspecified atom stereocenters. The van der Waals surface area contributed by atoms with Gasteiger partial charge in [0.05, 0.1) is 0 Å². The number of sulfonamides is 1. The largest absolute Gasteiger partial charge is 0.244 e. The molecule has 0 saturated heterocycles. The first-order valence-corrected chi connectivity index (χ1v) is 4.47. The van der Waals surface area contributed by atoms with Gasteiger partial charge in [0.15, 0.2) is 0 Å². The van der Waals surface area contributed by atoms with E-state index < -0.39 is 10.0 Å². The van der Waals surface area contributed by atoms with Gasteiger partial charge in [-0.2, -0.15) is 5.26 Å². The Kier molecular flexibility index (Phi) is 2.08. The fraction of sp³-hybridized carbons (Fsp3) is 0. The molecule has 0 aliphatic heterocycles. The fourth-order valence-electron chi connectivity index (χ4n) is 0.615. The zero-order valence-electron chi connectivity index (χ0n) is 5.93. The number of nitriles is 1. The second kappa shape index (κ2) is 2.89. The zero-order chi connectivity index (χ0) is 9.19. The third-order valence-corrected chi connectivity index (χ3v) is 2.08. The molecule has 0 atom stereocenters. The van der Waals surface area contributed by atoms with E-state index in [2.05, 4.69) is 4.98 Å². The van der Waals surface area contributed by atoms with E-state index in [-0.39, 0.29) is 10.6 Å². The van der Waals surface area contributed by atoms with Crippen molar-refractivity contribution in [1.29, 1.82) is 5.26 Å². The van der Waals surface area contributed by atoms with Gasteiger partial charge in [-0.25, -0.2) is 18.5 Å². The number of primary sulfonamides is 1. The van der Waals surface area contributed by atoms with Crippen molar-refractivity contribution in [3.63, 3.8) is 0 Å². The lowest BCUT2D eigenvalue weighted by Gasteiger charge is -1.94. The Morgan fingerprint density at radius 1 is 1.50 bits per heavy atom. The second-order valence-electron chi connectivity index (χ2n) is 2.04. The third-order valence-electron chi connectivity index (χ3n) is 1.18. The average Bonchev–Trinajstić information content (AvgIpc) is 2.03. The number of pyridine rings is 1. The molecule has 0 aliphatic carbocycles. The summed E-state index contributed by atoms with van der Waals surface area (Å²) in [4.78, 5) is 3.45. The molecular formula is C6H5N3O2S. The van der Waals surface area contributed by atoms with Gasteiger partial charge in [0.2, 0.25) is 10.0 Å². The Hall–Kier alpha value is -1.45. The normalized spacial score (nSPS) is 10.7. The van der Waals surface area contributed by atoms with Crippen molar-refractivity contribution in [3.8, 4) is 6.07 Å². The molecule has 1 heterocycles. The van der Waals surface area contributed by atoms with Gasteiger partial charge in [-0.1, -0.05) is 0 Å². The molecule has 0 radical (unpaired) electrons. The standard InChI is InChI=1S/C6H5N3O2S/c7-3-5-1-2-6(4-9-5)12(8,10)11/h1-2,4H,(H2,8,10,11). The monoisotopic (exact) mass is 183 g/mol. The molecule has 0 bridgehead atoms. The summed E-state index contributed by atoms with van der Waals surface area (Å²) in [6.07, 6.45) is 1.05. The maximum Gasteiger partial charge on any atom is 0.239 e. The van der Waals surface area contributed by atoms with E-state index in [1.165, 1.54) is 12.1 Å². The summed E-state index contributed by atoms with van der Waals surface area (Å²) in [5, 5.41) is 13.1. The van der Waals surface area contributed by atoms with Crippen LogP contribution in [-0.2, 0) is 10.0 Å². The van der Waals surface area contributed by atoms with E-state index in [0.29, 0.717) is 0 Å². The summed E-state index contributed by atoms with van der Waals surface area (Å²) in [6.45, 7) is 0. The summed E-state index contributed by atoms with van der Waals surface area (Å²) in [5.41, 5.74) is 0.155. The molecule has 0 saturated carbocycles. The van der Waals surface area contributed by atoms with Crippen LogP contribution in [0, 0.1) is 11.3 Å². The topological polar surface area (TPSA) is 96.8 Å². The molecule has 1 rings (SSSR count). The summed E-state index contributed by atoms with van der Waals surface area (Å²) >= 11 is 0. The molecule has 5 nitrogen and oxygen atoms in total. The molecule has 6 heteroatoms. The number of nitrogens with zero attached hydrogens (tertiary/aromatic N) is 2. The fourth-order valence-corrected chi connectivity index (χ4v) is 1.07. The Morgan fingerprint density at radius 3 is 2.50 bits per heavy atom. The number of hydrogen-bond donors (Lipinski definition) is 1. The molecular weight excluding hydrogens is 178 g/mol. The van der Waals surface area contributed by atoms with Gasteiger partial charge in [0.1, 0.15) is 16.7 Å². The van der Waals surface area contributed by atoms with E-state index >= 15 is 0 Å². The minimum Gasteiger partial charge on any atom is -0.244 e. The minimum atomic E-state index is -3.70. The average molecular weight is 183 g/mol. The van der Waals surface area contributed by atoms with Gasteiger partial charge in [0.25, 0.3) is 0 Å². The number of hydrogen-bond acceptors (Lipinski definition) is 4. The van der Waals surface area contributed by atoms with Crippen LogP contribution in [0.1, 0.15) is 5.69 Å². The minimum absolute atomic E-state index is 0.0958. The number of rotatable bonds is 1. The van der Waals surface area contributed by atoms with Crippen LogP contribution in [0.5, 0.6) is 0 Å². The van der Waals surface area contributed by atoms with Crippen LogP contribution in [0.25, 0.3) is 0 Å². The predicted octanol–water partition coefficient (Wildman–Crippen LogP) is -0.399. The van der Waals surface area contributed by atoms with Crippen LogP contribution in [0.4, 0.5) is 0 Å².